The van der Waals surface area contributed by atoms with Crippen molar-refractivity contribution in [1.29, 1.82) is 0 Å². The molecule has 1 aliphatic rings. The van der Waals surface area contributed by atoms with Crippen LogP contribution >= 0.6 is 0 Å². The van der Waals surface area contributed by atoms with E-state index < -0.39 is 0 Å². The molecule has 0 radical (unpaired) electrons. The maximum atomic E-state index is 6.43. The standard InChI is InChI=1S/C13H23N3O2/c1-9(2)16-11(10(17-4)8-15-16)12(14)13(3)6-5-7-18-13/h8-9,12H,5-7,14H2,1-4H3. The first kappa shape index (κ1) is 13.4. The fourth-order valence-electron chi connectivity index (χ4n) is 2.56. The molecule has 0 aliphatic carbocycles. The number of hydrogen-bond donors (Lipinski definition) is 1. The van der Waals surface area contributed by atoms with Gasteiger partial charge in [0.25, 0.3) is 0 Å². The molecule has 1 saturated heterocycles. The fourth-order valence-corrected chi connectivity index (χ4v) is 2.56. The van der Waals surface area contributed by atoms with Crippen LogP contribution in [0.5, 0.6) is 5.75 Å². The molecule has 102 valence electrons. The van der Waals surface area contributed by atoms with Gasteiger partial charge in [-0.1, -0.05) is 0 Å². The quantitative estimate of drug-likeness (QED) is 0.892. The highest BCUT2D eigenvalue weighted by molar-refractivity contribution is 5.30. The maximum Gasteiger partial charge on any atom is 0.161 e. The van der Waals surface area contributed by atoms with Crippen LogP contribution in [-0.4, -0.2) is 29.1 Å². The Balaban J connectivity index is 2.39. The van der Waals surface area contributed by atoms with Gasteiger partial charge in [-0.25, -0.2) is 0 Å². The van der Waals surface area contributed by atoms with E-state index in [4.69, 9.17) is 15.2 Å². The van der Waals surface area contributed by atoms with Gasteiger partial charge < -0.3 is 15.2 Å². The maximum absolute atomic E-state index is 6.43. The molecule has 5 nitrogen and oxygen atoms in total. The van der Waals surface area contributed by atoms with Gasteiger partial charge in [-0.15, -0.1) is 0 Å². The average Bonchev–Trinajstić information content (AvgIpc) is 2.94. The first-order chi connectivity index (χ1) is 8.49. The van der Waals surface area contributed by atoms with E-state index in [0.29, 0.717) is 0 Å². The monoisotopic (exact) mass is 253 g/mol. The molecule has 1 aromatic heterocycles. The van der Waals surface area contributed by atoms with E-state index in [1.807, 2.05) is 4.68 Å². The molecular formula is C13H23N3O2. The summed E-state index contributed by atoms with van der Waals surface area (Å²) in [7, 11) is 1.65. The highest BCUT2D eigenvalue weighted by Crippen LogP contribution is 2.39. The average molecular weight is 253 g/mol. The Morgan fingerprint density at radius 1 is 1.56 bits per heavy atom. The lowest BCUT2D eigenvalue weighted by atomic mass is 9.91. The van der Waals surface area contributed by atoms with Crippen molar-refractivity contribution in [3.63, 3.8) is 0 Å². The zero-order valence-corrected chi connectivity index (χ0v) is 11.6. The van der Waals surface area contributed by atoms with Crippen LogP contribution in [0.2, 0.25) is 0 Å². The number of nitrogens with two attached hydrogens (primary N) is 1. The van der Waals surface area contributed by atoms with Crippen LogP contribution in [-0.2, 0) is 4.74 Å². The summed E-state index contributed by atoms with van der Waals surface area (Å²) >= 11 is 0. The molecule has 1 aliphatic heterocycles. The number of methoxy groups -OCH3 is 1. The lowest BCUT2D eigenvalue weighted by Gasteiger charge is -2.31. The molecule has 2 heterocycles. The summed E-state index contributed by atoms with van der Waals surface area (Å²) in [5.41, 5.74) is 7.04. The summed E-state index contributed by atoms with van der Waals surface area (Å²) in [6.45, 7) is 7.02. The van der Waals surface area contributed by atoms with Crippen LogP contribution in [0.3, 0.4) is 0 Å². The van der Waals surface area contributed by atoms with Gasteiger partial charge in [0.1, 0.15) is 5.69 Å². The van der Waals surface area contributed by atoms with Crippen LogP contribution in [0.15, 0.2) is 6.20 Å². The first-order valence-corrected chi connectivity index (χ1v) is 6.50. The molecular weight excluding hydrogens is 230 g/mol. The van der Waals surface area contributed by atoms with Gasteiger partial charge >= 0.3 is 0 Å². The number of ether oxygens (including phenoxy) is 2. The van der Waals surface area contributed by atoms with E-state index in [0.717, 1.165) is 30.9 Å². The van der Waals surface area contributed by atoms with Crippen LogP contribution < -0.4 is 10.5 Å². The minimum Gasteiger partial charge on any atom is -0.493 e. The molecule has 0 aromatic carbocycles. The summed E-state index contributed by atoms with van der Waals surface area (Å²) in [6.07, 6.45) is 3.76. The van der Waals surface area contributed by atoms with E-state index in [1.165, 1.54) is 0 Å². The van der Waals surface area contributed by atoms with Gasteiger partial charge in [0.2, 0.25) is 0 Å². The third kappa shape index (κ3) is 2.12. The molecule has 2 atom stereocenters. The smallest absolute Gasteiger partial charge is 0.161 e. The van der Waals surface area contributed by atoms with Crippen LogP contribution in [0.25, 0.3) is 0 Å². The minimum absolute atomic E-state index is 0.222. The zero-order valence-electron chi connectivity index (χ0n) is 11.6. The van der Waals surface area contributed by atoms with Crippen LogP contribution in [0.1, 0.15) is 51.4 Å². The second kappa shape index (κ2) is 4.90. The predicted octanol–water partition coefficient (Wildman–Crippen LogP) is 2.04. The molecule has 2 rings (SSSR count). The number of hydrogen-bond acceptors (Lipinski definition) is 4. The van der Waals surface area contributed by atoms with Crippen molar-refractivity contribution in [1.82, 2.24) is 9.78 Å². The van der Waals surface area contributed by atoms with Crippen LogP contribution in [0.4, 0.5) is 0 Å². The summed E-state index contributed by atoms with van der Waals surface area (Å²) < 4.78 is 13.1. The first-order valence-electron chi connectivity index (χ1n) is 6.50. The molecule has 2 unspecified atom stereocenters. The lowest BCUT2D eigenvalue weighted by Crippen LogP contribution is -2.39. The zero-order chi connectivity index (χ0) is 13.3. The Bertz CT molecular complexity index is 408. The van der Waals surface area contributed by atoms with Crippen molar-refractivity contribution in [3.05, 3.63) is 11.9 Å². The third-order valence-electron chi connectivity index (χ3n) is 3.71. The Morgan fingerprint density at radius 3 is 2.78 bits per heavy atom. The molecule has 2 N–H and O–H groups in total. The fraction of sp³-hybridized carbons (Fsp3) is 0.769. The molecule has 5 heteroatoms. The van der Waals surface area contributed by atoms with Gasteiger partial charge in [-0.3, -0.25) is 4.68 Å². The summed E-state index contributed by atoms with van der Waals surface area (Å²) in [4.78, 5) is 0. The number of rotatable bonds is 4. The Kier molecular flexibility index (Phi) is 3.64. The molecule has 0 saturated carbocycles. The van der Waals surface area contributed by atoms with Crippen molar-refractivity contribution in [2.75, 3.05) is 13.7 Å². The summed E-state index contributed by atoms with van der Waals surface area (Å²) in [6, 6.07) is 0.0276. The van der Waals surface area contributed by atoms with E-state index in [2.05, 4.69) is 25.9 Å². The molecule has 1 aromatic rings. The van der Waals surface area contributed by atoms with Crippen molar-refractivity contribution < 1.29 is 9.47 Å². The van der Waals surface area contributed by atoms with Crippen molar-refractivity contribution in [2.24, 2.45) is 5.73 Å². The highest BCUT2D eigenvalue weighted by atomic mass is 16.5. The van der Waals surface area contributed by atoms with Crippen molar-refractivity contribution in [2.45, 2.75) is 51.3 Å². The SMILES string of the molecule is COc1cnn(C(C)C)c1C(N)C1(C)CCCO1. The Labute approximate surface area is 108 Å². The lowest BCUT2D eigenvalue weighted by molar-refractivity contribution is -0.00465. The van der Waals surface area contributed by atoms with Gasteiger partial charge in [-0.05, 0) is 33.6 Å². The molecule has 18 heavy (non-hydrogen) atoms. The molecule has 0 amide bonds. The van der Waals surface area contributed by atoms with Gasteiger partial charge in [0.15, 0.2) is 5.75 Å². The second-order valence-corrected chi connectivity index (χ2v) is 5.38. The predicted molar refractivity (Wildman–Crippen MR) is 69.7 cm³/mol. The number of aromatic nitrogens is 2. The third-order valence-corrected chi connectivity index (χ3v) is 3.71. The van der Waals surface area contributed by atoms with E-state index in [-0.39, 0.29) is 17.7 Å². The summed E-state index contributed by atoms with van der Waals surface area (Å²) in [5.74, 6) is 0.743. The number of nitrogens with zero attached hydrogens (tertiary/aromatic N) is 2. The normalized spacial score (nSPS) is 25.7. The molecule has 1 fully saturated rings. The van der Waals surface area contributed by atoms with Gasteiger partial charge in [0, 0.05) is 12.6 Å². The minimum atomic E-state index is -0.319. The van der Waals surface area contributed by atoms with Crippen molar-refractivity contribution in [3.8, 4) is 5.75 Å². The van der Waals surface area contributed by atoms with Gasteiger partial charge in [0.05, 0.1) is 24.9 Å². The topological polar surface area (TPSA) is 62.3 Å². The van der Waals surface area contributed by atoms with Gasteiger partial charge in [-0.2, -0.15) is 5.10 Å². The van der Waals surface area contributed by atoms with Crippen molar-refractivity contribution >= 4 is 0 Å². The Hall–Kier alpha value is -1.07. The Morgan fingerprint density at radius 2 is 2.28 bits per heavy atom. The van der Waals surface area contributed by atoms with Crippen LogP contribution in [0, 0.1) is 0 Å². The highest BCUT2D eigenvalue weighted by Gasteiger charge is 2.40. The molecule has 0 spiro atoms. The van der Waals surface area contributed by atoms with E-state index in [1.54, 1.807) is 13.3 Å². The summed E-state index contributed by atoms with van der Waals surface area (Å²) in [5, 5.41) is 4.37. The second-order valence-electron chi connectivity index (χ2n) is 5.38. The van der Waals surface area contributed by atoms with E-state index >= 15 is 0 Å². The largest absolute Gasteiger partial charge is 0.493 e. The van der Waals surface area contributed by atoms with E-state index in [9.17, 15) is 0 Å². The molecule has 0 bridgehead atoms.